The first-order valence-corrected chi connectivity index (χ1v) is 6.69. The van der Waals surface area contributed by atoms with Gasteiger partial charge < -0.3 is 15.4 Å². The average Bonchev–Trinajstić information content (AvgIpc) is 2.46. The van der Waals surface area contributed by atoms with E-state index >= 15 is 0 Å². The Kier molecular flexibility index (Phi) is 4.44. The first-order chi connectivity index (χ1) is 9.11. The van der Waals surface area contributed by atoms with Crippen LogP contribution >= 0.6 is 12.2 Å². The van der Waals surface area contributed by atoms with Crippen LogP contribution in [-0.2, 0) is 4.74 Å². The van der Waals surface area contributed by atoms with Crippen LogP contribution in [0.3, 0.4) is 0 Å². The van der Waals surface area contributed by atoms with Crippen molar-refractivity contribution in [2.75, 3.05) is 19.7 Å². The highest BCUT2D eigenvalue weighted by atomic mass is 32.1. The molecule has 1 aromatic heterocycles. The quantitative estimate of drug-likeness (QED) is 0.835. The molecule has 1 atom stereocenters. The lowest BCUT2D eigenvalue weighted by atomic mass is 10.2. The van der Waals surface area contributed by atoms with Gasteiger partial charge >= 0.3 is 0 Å². The Bertz CT molecular complexity index is 475. The number of carbonyl (C=O) groups excluding carboxylic acids is 1. The van der Waals surface area contributed by atoms with Crippen molar-refractivity contribution in [3.8, 4) is 0 Å². The summed E-state index contributed by atoms with van der Waals surface area (Å²) in [5.74, 6) is -0.0729. The number of nitrogens with two attached hydrogens (primary N) is 1. The van der Waals surface area contributed by atoms with Crippen LogP contribution in [0.5, 0.6) is 0 Å². The molecule has 1 aromatic rings. The minimum atomic E-state index is -0.0729. The number of ether oxygens (including phenoxy) is 1. The predicted octanol–water partition coefficient (Wildman–Crippen LogP) is 0.967. The lowest BCUT2D eigenvalue weighted by molar-refractivity contribution is -0.0228. The van der Waals surface area contributed by atoms with Crippen LogP contribution in [0.25, 0.3) is 0 Å². The first kappa shape index (κ1) is 13.9. The second-order valence-electron chi connectivity index (χ2n) is 4.45. The van der Waals surface area contributed by atoms with Crippen LogP contribution in [0.1, 0.15) is 29.4 Å². The molecule has 0 bridgehead atoms. The number of hydrogen-bond donors (Lipinski definition) is 1. The van der Waals surface area contributed by atoms with Crippen molar-refractivity contribution in [1.82, 2.24) is 9.88 Å². The summed E-state index contributed by atoms with van der Waals surface area (Å²) < 4.78 is 5.55. The molecule has 0 radical (unpaired) electrons. The molecule has 0 aliphatic carbocycles. The number of rotatable bonds is 3. The predicted molar refractivity (Wildman–Crippen MR) is 76.1 cm³/mol. The van der Waals surface area contributed by atoms with E-state index in [9.17, 15) is 4.79 Å². The van der Waals surface area contributed by atoms with Crippen LogP contribution in [-0.4, -0.2) is 46.6 Å². The highest BCUT2D eigenvalue weighted by Gasteiger charge is 2.24. The molecule has 1 unspecified atom stereocenters. The molecule has 1 fully saturated rings. The number of nitrogens with zero attached hydrogens (tertiary/aromatic N) is 2. The van der Waals surface area contributed by atoms with Crippen LogP contribution in [0, 0.1) is 0 Å². The van der Waals surface area contributed by atoms with E-state index in [0.717, 1.165) is 6.42 Å². The number of aromatic nitrogens is 1. The van der Waals surface area contributed by atoms with Gasteiger partial charge in [-0.25, -0.2) is 0 Å². The van der Waals surface area contributed by atoms with E-state index in [1.54, 1.807) is 17.0 Å². The van der Waals surface area contributed by atoms with E-state index in [1.165, 1.54) is 6.20 Å². The number of pyridine rings is 1. The molecule has 1 aliphatic rings. The standard InChI is InChI=1S/C13H17N3O2S/c1-2-10-8-16(5-6-18-10)13(17)11-4-3-9(7-15-11)12(14)19/h3-4,7,10H,2,5-6,8H2,1H3,(H2,14,19). The SMILES string of the molecule is CCC1CN(C(=O)c2ccc(C(N)=S)cn2)CCO1. The molecule has 1 saturated heterocycles. The molecular formula is C13H17N3O2S. The van der Waals surface area contributed by atoms with Gasteiger partial charge in [-0.2, -0.15) is 0 Å². The van der Waals surface area contributed by atoms with Crippen molar-refractivity contribution in [2.24, 2.45) is 5.73 Å². The number of carbonyl (C=O) groups is 1. The Labute approximate surface area is 117 Å². The van der Waals surface area contributed by atoms with Gasteiger partial charge in [0.25, 0.3) is 5.91 Å². The second-order valence-corrected chi connectivity index (χ2v) is 4.89. The molecule has 2 N–H and O–H groups in total. The Balaban J connectivity index is 2.08. The van der Waals surface area contributed by atoms with E-state index in [-0.39, 0.29) is 17.0 Å². The van der Waals surface area contributed by atoms with Gasteiger partial charge in [0, 0.05) is 24.8 Å². The molecule has 0 aromatic carbocycles. The van der Waals surface area contributed by atoms with Gasteiger partial charge in [0.1, 0.15) is 10.7 Å². The fourth-order valence-electron chi connectivity index (χ4n) is 1.98. The Morgan fingerprint density at radius 1 is 1.63 bits per heavy atom. The topological polar surface area (TPSA) is 68.5 Å². The van der Waals surface area contributed by atoms with E-state index < -0.39 is 0 Å². The molecule has 2 rings (SSSR count). The largest absolute Gasteiger partial charge is 0.389 e. The smallest absolute Gasteiger partial charge is 0.272 e. The Morgan fingerprint density at radius 2 is 2.42 bits per heavy atom. The van der Waals surface area contributed by atoms with Crippen molar-refractivity contribution < 1.29 is 9.53 Å². The lowest BCUT2D eigenvalue weighted by Crippen LogP contribution is -2.45. The maximum Gasteiger partial charge on any atom is 0.272 e. The van der Waals surface area contributed by atoms with Crippen molar-refractivity contribution in [3.05, 3.63) is 29.6 Å². The summed E-state index contributed by atoms with van der Waals surface area (Å²) in [7, 11) is 0. The third-order valence-electron chi connectivity index (χ3n) is 3.15. The minimum absolute atomic E-state index is 0.0729. The van der Waals surface area contributed by atoms with Crippen LogP contribution in [0.2, 0.25) is 0 Å². The van der Waals surface area contributed by atoms with Crippen LogP contribution in [0.4, 0.5) is 0 Å². The number of thiocarbonyl (C=S) groups is 1. The third-order valence-corrected chi connectivity index (χ3v) is 3.38. The highest BCUT2D eigenvalue weighted by Crippen LogP contribution is 2.11. The van der Waals surface area contributed by atoms with Crippen LogP contribution in [0.15, 0.2) is 18.3 Å². The average molecular weight is 279 g/mol. The van der Waals surface area contributed by atoms with Crippen LogP contribution < -0.4 is 5.73 Å². The zero-order chi connectivity index (χ0) is 13.8. The molecule has 1 amide bonds. The molecule has 6 heteroatoms. The monoisotopic (exact) mass is 279 g/mol. The van der Waals surface area contributed by atoms with Gasteiger partial charge in [-0.1, -0.05) is 19.1 Å². The summed E-state index contributed by atoms with van der Waals surface area (Å²) in [6.07, 6.45) is 2.55. The minimum Gasteiger partial charge on any atom is -0.389 e. The van der Waals surface area contributed by atoms with E-state index in [1.807, 2.05) is 6.92 Å². The molecule has 102 valence electrons. The van der Waals surface area contributed by atoms with Gasteiger partial charge in [-0.15, -0.1) is 0 Å². The zero-order valence-electron chi connectivity index (χ0n) is 10.8. The van der Waals surface area contributed by atoms with E-state index in [4.69, 9.17) is 22.7 Å². The van der Waals surface area contributed by atoms with E-state index in [0.29, 0.717) is 31.0 Å². The molecule has 0 spiro atoms. The number of amides is 1. The fraction of sp³-hybridized carbons (Fsp3) is 0.462. The molecule has 5 nitrogen and oxygen atoms in total. The summed E-state index contributed by atoms with van der Waals surface area (Å²) in [5.41, 5.74) is 6.58. The van der Waals surface area contributed by atoms with Crippen molar-refractivity contribution in [2.45, 2.75) is 19.4 Å². The highest BCUT2D eigenvalue weighted by molar-refractivity contribution is 7.80. The molecular weight excluding hydrogens is 262 g/mol. The number of morpholine rings is 1. The maximum atomic E-state index is 12.3. The van der Waals surface area contributed by atoms with Gasteiger partial charge in [0.05, 0.1) is 12.7 Å². The van der Waals surface area contributed by atoms with Crippen molar-refractivity contribution in [3.63, 3.8) is 0 Å². The van der Waals surface area contributed by atoms with Gasteiger partial charge in [-0.05, 0) is 18.6 Å². The summed E-state index contributed by atoms with van der Waals surface area (Å²) >= 11 is 4.85. The fourth-order valence-corrected chi connectivity index (χ4v) is 2.10. The molecule has 1 aliphatic heterocycles. The first-order valence-electron chi connectivity index (χ1n) is 6.28. The summed E-state index contributed by atoms with van der Waals surface area (Å²) in [4.78, 5) is 18.5. The molecule has 2 heterocycles. The summed E-state index contributed by atoms with van der Waals surface area (Å²) in [6.45, 7) is 3.85. The lowest BCUT2D eigenvalue weighted by Gasteiger charge is -2.32. The number of hydrogen-bond acceptors (Lipinski definition) is 4. The van der Waals surface area contributed by atoms with Gasteiger partial charge in [0.2, 0.25) is 0 Å². The molecule has 0 saturated carbocycles. The van der Waals surface area contributed by atoms with Crippen molar-refractivity contribution >= 4 is 23.1 Å². The third kappa shape index (κ3) is 3.27. The molecule has 19 heavy (non-hydrogen) atoms. The van der Waals surface area contributed by atoms with Crippen molar-refractivity contribution in [1.29, 1.82) is 0 Å². The summed E-state index contributed by atoms with van der Waals surface area (Å²) in [5, 5.41) is 0. The summed E-state index contributed by atoms with van der Waals surface area (Å²) in [6, 6.07) is 3.38. The zero-order valence-corrected chi connectivity index (χ0v) is 11.7. The normalized spacial score (nSPS) is 19.2. The van der Waals surface area contributed by atoms with E-state index in [2.05, 4.69) is 4.98 Å². The second kappa shape index (κ2) is 6.08. The van der Waals surface area contributed by atoms with Gasteiger partial charge in [0.15, 0.2) is 0 Å². The Hall–Kier alpha value is -1.53. The maximum absolute atomic E-state index is 12.3. The van der Waals surface area contributed by atoms with Gasteiger partial charge in [-0.3, -0.25) is 9.78 Å². The Morgan fingerprint density at radius 3 is 3.00 bits per heavy atom.